The fourth-order valence-corrected chi connectivity index (χ4v) is 2.38. The van der Waals surface area contributed by atoms with Crippen molar-refractivity contribution in [3.8, 4) is 0 Å². The van der Waals surface area contributed by atoms with Crippen molar-refractivity contribution in [3.63, 3.8) is 0 Å². The average molecular weight is 330 g/mol. The Morgan fingerprint density at radius 3 is 2.85 bits per heavy atom. The van der Waals surface area contributed by atoms with E-state index < -0.39 is 0 Å². The summed E-state index contributed by atoms with van der Waals surface area (Å²) in [5, 5.41) is 0. The standard InChI is InChI=1S/C14H12BrN5/c15-9-4-5-11-10(7-9)14(12-3-1-2-6-17-12)18-8-13(19-11)20-16/h1-7H,8,16H2,(H,19,20). The Labute approximate surface area is 124 Å². The van der Waals surface area contributed by atoms with Crippen molar-refractivity contribution in [3.05, 3.63) is 58.3 Å². The molecule has 100 valence electrons. The Balaban J connectivity index is 2.19. The molecule has 0 radical (unpaired) electrons. The summed E-state index contributed by atoms with van der Waals surface area (Å²) < 4.78 is 0.972. The first-order valence-corrected chi connectivity index (χ1v) is 6.87. The van der Waals surface area contributed by atoms with Gasteiger partial charge in [-0.3, -0.25) is 9.98 Å². The third-order valence-electron chi connectivity index (χ3n) is 2.93. The molecule has 1 aromatic heterocycles. The van der Waals surface area contributed by atoms with Crippen molar-refractivity contribution in [1.82, 2.24) is 10.4 Å². The van der Waals surface area contributed by atoms with Crippen LogP contribution in [0.15, 0.2) is 57.1 Å². The van der Waals surface area contributed by atoms with E-state index in [4.69, 9.17) is 5.84 Å². The van der Waals surface area contributed by atoms with Gasteiger partial charge in [0.2, 0.25) is 0 Å². The maximum atomic E-state index is 5.47. The summed E-state index contributed by atoms with van der Waals surface area (Å²) in [6.45, 7) is 0.398. The molecule has 6 heteroatoms. The van der Waals surface area contributed by atoms with Gasteiger partial charge >= 0.3 is 0 Å². The second-order valence-corrected chi connectivity index (χ2v) is 5.16. The molecule has 2 heterocycles. The lowest BCUT2D eigenvalue weighted by atomic mass is 10.0. The zero-order chi connectivity index (χ0) is 13.9. The van der Waals surface area contributed by atoms with Crippen LogP contribution in [0.3, 0.4) is 0 Å². The zero-order valence-electron chi connectivity index (χ0n) is 10.5. The minimum absolute atomic E-state index is 0.398. The molecule has 2 aromatic rings. The summed E-state index contributed by atoms with van der Waals surface area (Å²) in [5.41, 5.74) is 5.97. The van der Waals surface area contributed by atoms with Crippen LogP contribution in [0.2, 0.25) is 0 Å². The Kier molecular flexibility index (Phi) is 3.58. The van der Waals surface area contributed by atoms with Crippen LogP contribution < -0.4 is 11.3 Å². The monoisotopic (exact) mass is 329 g/mol. The highest BCUT2D eigenvalue weighted by Crippen LogP contribution is 2.27. The highest BCUT2D eigenvalue weighted by Gasteiger charge is 2.16. The molecule has 0 atom stereocenters. The Morgan fingerprint density at radius 2 is 2.10 bits per heavy atom. The maximum absolute atomic E-state index is 5.47. The van der Waals surface area contributed by atoms with E-state index in [1.54, 1.807) is 6.20 Å². The van der Waals surface area contributed by atoms with Crippen molar-refractivity contribution in [2.45, 2.75) is 0 Å². The van der Waals surface area contributed by atoms with Gasteiger partial charge in [0.15, 0.2) is 0 Å². The van der Waals surface area contributed by atoms with Crippen molar-refractivity contribution < 1.29 is 0 Å². The molecule has 3 N–H and O–H groups in total. The zero-order valence-corrected chi connectivity index (χ0v) is 12.1. The van der Waals surface area contributed by atoms with Gasteiger partial charge in [0.05, 0.1) is 23.6 Å². The lowest BCUT2D eigenvalue weighted by Gasteiger charge is -2.07. The molecule has 1 aromatic carbocycles. The largest absolute Gasteiger partial charge is 0.310 e. The summed E-state index contributed by atoms with van der Waals surface area (Å²) in [4.78, 5) is 13.5. The van der Waals surface area contributed by atoms with Gasteiger partial charge in [0, 0.05) is 16.2 Å². The fourth-order valence-electron chi connectivity index (χ4n) is 2.02. The van der Waals surface area contributed by atoms with Gasteiger partial charge in [-0.2, -0.15) is 0 Å². The van der Waals surface area contributed by atoms with E-state index in [9.17, 15) is 0 Å². The van der Waals surface area contributed by atoms with Gasteiger partial charge in [0.25, 0.3) is 0 Å². The number of aliphatic imine (C=N–C) groups is 2. The number of fused-ring (bicyclic) bond motifs is 1. The first-order chi connectivity index (χ1) is 9.78. The Hall–Kier alpha value is -2.05. The SMILES string of the molecule is NNC1=Nc2ccc(Br)cc2C(c2ccccn2)=NC1. The number of halogens is 1. The molecule has 0 bridgehead atoms. The summed E-state index contributed by atoms with van der Waals surface area (Å²) in [6.07, 6.45) is 1.75. The lowest BCUT2D eigenvalue weighted by Crippen LogP contribution is -2.32. The third kappa shape index (κ3) is 2.48. The molecule has 0 amide bonds. The molecule has 5 nitrogen and oxygen atoms in total. The third-order valence-corrected chi connectivity index (χ3v) is 3.42. The number of rotatable bonds is 1. The molecule has 0 aliphatic carbocycles. The normalized spacial score (nSPS) is 13.9. The quantitative estimate of drug-likeness (QED) is 0.622. The van der Waals surface area contributed by atoms with Crippen LogP contribution in [0.25, 0.3) is 0 Å². The minimum Gasteiger partial charge on any atom is -0.310 e. The lowest BCUT2D eigenvalue weighted by molar-refractivity contribution is 0.992. The van der Waals surface area contributed by atoms with Gasteiger partial charge in [-0.15, -0.1) is 0 Å². The van der Waals surface area contributed by atoms with Crippen molar-refractivity contribution in [2.24, 2.45) is 15.8 Å². The van der Waals surface area contributed by atoms with E-state index in [0.29, 0.717) is 12.4 Å². The predicted octanol–water partition coefficient (Wildman–Crippen LogP) is 2.19. The maximum Gasteiger partial charge on any atom is 0.138 e. The molecular weight excluding hydrogens is 318 g/mol. The highest BCUT2D eigenvalue weighted by atomic mass is 79.9. The van der Waals surface area contributed by atoms with Gasteiger partial charge in [-0.05, 0) is 30.3 Å². The number of pyridine rings is 1. The molecule has 0 unspecified atom stereocenters. The van der Waals surface area contributed by atoms with Gasteiger partial charge in [-0.1, -0.05) is 22.0 Å². The second kappa shape index (κ2) is 5.52. The van der Waals surface area contributed by atoms with E-state index in [0.717, 1.165) is 27.1 Å². The molecule has 0 spiro atoms. The van der Waals surface area contributed by atoms with Crippen molar-refractivity contribution >= 4 is 33.2 Å². The van der Waals surface area contributed by atoms with E-state index >= 15 is 0 Å². The molecule has 1 aliphatic rings. The first kappa shape index (κ1) is 13.0. The van der Waals surface area contributed by atoms with Crippen LogP contribution in [0.4, 0.5) is 5.69 Å². The number of nitrogens with one attached hydrogen (secondary N) is 1. The molecule has 1 aliphatic heterocycles. The number of nitrogens with zero attached hydrogens (tertiary/aromatic N) is 3. The molecule has 0 fully saturated rings. The summed E-state index contributed by atoms with van der Waals surface area (Å²) in [7, 11) is 0. The Morgan fingerprint density at radius 1 is 1.20 bits per heavy atom. The smallest absolute Gasteiger partial charge is 0.138 e. The van der Waals surface area contributed by atoms with Gasteiger partial charge in [-0.25, -0.2) is 10.8 Å². The first-order valence-electron chi connectivity index (χ1n) is 6.08. The highest BCUT2D eigenvalue weighted by molar-refractivity contribution is 9.10. The number of hydrazine groups is 1. The molecule has 0 saturated heterocycles. The van der Waals surface area contributed by atoms with Gasteiger partial charge in [0.1, 0.15) is 5.84 Å². The van der Waals surface area contributed by atoms with Crippen LogP contribution in [-0.2, 0) is 0 Å². The number of amidine groups is 1. The van der Waals surface area contributed by atoms with E-state index in [-0.39, 0.29) is 0 Å². The average Bonchev–Trinajstić information content (AvgIpc) is 2.67. The number of benzene rings is 1. The topological polar surface area (TPSA) is 75.7 Å². The van der Waals surface area contributed by atoms with E-state index in [1.807, 2.05) is 36.4 Å². The molecule has 0 saturated carbocycles. The van der Waals surface area contributed by atoms with Crippen LogP contribution >= 0.6 is 15.9 Å². The van der Waals surface area contributed by atoms with Crippen LogP contribution in [0.5, 0.6) is 0 Å². The summed E-state index contributed by atoms with van der Waals surface area (Å²) in [5.74, 6) is 6.09. The predicted molar refractivity (Wildman–Crippen MR) is 83.3 cm³/mol. The minimum atomic E-state index is 0.398. The van der Waals surface area contributed by atoms with Gasteiger partial charge < -0.3 is 5.43 Å². The Bertz CT molecular complexity index is 694. The summed E-state index contributed by atoms with van der Waals surface area (Å²) in [6, 6.07) is 11.6. The van der Waals surface area contributed by atoms with Crippen LogP contribution in [0.1, 0.15) is 11.3 Å². The number of hydrogen-bond acceptors (Lipinski definition) is 5. The number of hydrogen-bond donors (Lipinski definition) is 2. The van der Waals surface area contributed by atoms with E-state index in [1.165, 1.54) is 0 Å². The number of nitrogens with two attached hydrogens (primary N) is 1. The van der Waals surface area contributed by atoms with Crippen molar-refractivity contribution in [1.29, 1.82) is 0 Å². The molecular formula is C14H12BrN5. The fraction of sp³-hybridized carbons (Fsp3) is 0.0714. The van der Waals surface area contributed by atoms with E-state index in [2.05, 4.69) is 36.3 Å². The second-order valence-electron chi connectivity index (χ2n) is 4.24. The van der Waals surface area contributed by atoms with Crippen molar-refractivity contribution in [2.75, 3.05) is 6.54 Å². The van der Waals surface area contributed by atoms with Crippen LogP contribution in [0, 0.1) is 0 Å². The molecule has 20 heavy (non-hydrogen) atoms. The number of aromatic nitrogens is 1. The summed E-state index contributed by atoms with van der Waals surface area (Å²) >= 11 is 3.48. The molecule has 3 rings (SSSR count). The van der Waals surface area contributed by atoms with Crippen LogP contribution in [-0.4, -0.2) is 23.1 Å².